The molecule has 3 heterocycles. The largest absolute Gasteiger partial charge is 0.497 e. The zero-order chi connectivity index (χ0) is 35.5. The van der Waals surface area contributed by atoms with Crippen LogP contribution in [0.5, 0.6) is 11.5 Å². The van der Waals surface area contributed by atoms with E-state index in [0.29, 0.717) is 55.7 Å². The zero-order valence-corrected chi connectivity index (χ0v) is 30.5. The molecule has 6 aromatic rings. The second-order valence-corrected chi connectivity index (χ2v) is 13.8. The molecular weight excluding hydrogens is 686 g/mol. The van der Waals surface area contributed by atoms with Crippen LogP contribution in [0.3, 0.4) is 0 Å². The lowest BCUT2D eigenvalue weighted by molar-refractivity contribution is 0.0513. The van der Waals surface area contributed by atoms with E-state index in [1.54, 1.807) is 25.8 Å². The van der Waals surface area contributed by atoms with Crippen molar-refractivity contribution in [1.82, 2.24) is 14.3 Å². The van der Waals surface area contributed by atoms with Gasteiger partial charge in [0.15, 0.2) is 0 Å². The van der Waals surface area contributed by atoms with Crippen LogP contribution in [0.25, 0.3) is 32.8 Å². The highest BCUT2D eigenvalue weighted by molar-refractivity contribution is 7.98. The van der Waals surface area contributed by atoms with Gasteiger partial charge in [-0.1, -0.05) is 48.0 Å². The summed E-state index contributed by atoms with van der Waals surface area (Å²) in [6.45, 7) is 6.15. The second-order valence-electron chi connectivity index (χ2n) is 12.3. The molecule has 0 spiro atoms. The van der Waals surface area contributed by atoms with Gasteiger partial charge in [-0.2, -0.15) is 5.10 Å². The Hall–Kier alpha value is -4.48. The Kier molecular flexibility index (Phi) is 10.6. The number of thioether (sulfide) groups is 1. The molecule has 0 aliphatic carbocycles. The Labute approximate surface area is 306 Å². The number of carbonyl (C=O) groups is 1. The number of nitrogens with zero attached hydrogens (tertiary/aromatic N) is 3. The van der Waals surface area contributed by atoms with Gasteiger partial charge in [-0.05, 0) is 73.2 Å². The molecular formula is C40H40ClN3O6S. The lowest BCUT2D eigenvalue weighted by atomic mass is 9.96. The molecule has 2 aromatic heterocycles. The molecule has 0 saturated carbocycles. The number of fused-ring (bicyclic) bond motifs is 3. The molecule has 1 aliphatic rings. The van der Waals surface area contributed by atoms with E-state index >= 15 is 0 Å². The van der Waals surface area contributed by atoms with Gasteiger partial charge in [0.25, 0.3) is 0 Å². The standard InChI is InChI=1S/C40H40ClN3O6S/c1-4-49-40(46)39-25(2)36-33(15-14-31(41)37(36)38-32(22-45)42-44-17-19-48-23-34(38)44)43(39)16-7-18-50-35-21-29(20-27-8-5-6-9-30(27)35)51-24-26-10-12-28(47-3)13-11-26/h5-6,8-15,20-21,45H,4,7,16-19,22-24H2,1-3H3. The quantitative estimate of drug-likeness (QED) is 0.0719. The van der Waals surface area contributed by atoms with Crippen LogP contribution >= 0.6 is 23.4 Å². The molecule has 1 N–H and O–H groups in total. The predicted molar refractivity (Wildman–Crippen MR) is 201 cm³/mol. The van der Waals surface area contributed by atoms with E-state index in [0.717, 1.165) is 66.2 Å². The molecule has 264 valence electrons. The van der Waals surface area contributed by atoms with Crippen LogP contribution in [0.4, 0.5) is 0 Å². The highest BCUT2D eigenvalue weighted by Crippen LogP contribution is 2.43. The van der Waals surface area contributed by atoms with Gasteiger partial charge in [0.05, 0.1) is 58.1 Å². The lowest BCUT2D eigenvalue weighted by Gasteiger charge is -2.17. The lowest BCUT2D eigenvalue weighted by Crippen LogP contribution is -2.17. The number of aromatic nitrogens is 3. The van der Waals surface area contributed by atoms with Crippen molar-refractivity contribution >= 4 is 51.0 Å². The van der Waals surface area contributed by atoms with Crippen LogP contribution in [0.1, 0.15) is 46.3 Å². The molecule has 4 aromatic carbocycles. The summed E-state index contributed by atoms with van der Waals surface area (Å²) >= 11 is 8.72. The van der Waals surface area contributed by atoms with Crippen molar-refractivity contribution in [2.45, 2.75) is 57.2 Å². The number of rotatable bonds is 13. The number of halogens is 1. The van der Waals surface area contributed by atoms with Crippen molar-refractivity contribution < 1.29 is 28.8 Å². The van der Waals surface area contributed by atoms with E-state index in [1.807, 2.05) is 52.6 Å². The maximum absolute atomic E-state index is 13.5. The second kappa shape index (κ2) is 15.4. The number of aryl methyl sites for hydroxylation is 2. The van der Waals surface area contributed by atoms with Crippen LogP contribution in [0.2, 0.25) is 5.02 Å². The highest BCUT2D eigenvalue weighted by Gasteiger charge is 2.29. The number of hydrogen-bond acceptors (Lipinski definition) is 8. The van der Waals surface area contributed by atoms with E-state index in [9.17, 15) is 9.90 Å². The van der Waals surface area contributed by atoms with Crippen molar-refractivity contribution in [2.24, 2.45) is 0 Å². The van der Waals surface area contributed by atoms with Crippen molar-refractivity contribution in [3.05, 3.63) is 106 Å². The van der Waals surface area contributed by atoms with Crippen LogP contribution < -0.4 is 9.47 Å². The number of aliphatic hydroxyl groups is 1. The van der Waals surface area contributed by atoms with Gasteiger partial charge in [-0.15, -0.1) is 11.8 Å². The molecule has 0 radical (unpaired) electrons. The molecule has 0 amide bonds. The normalized spacial score (nSPS) is 12.7. The number of methoxy groups -OCH3 is 1. The smallest absolute Gasteiger partial charge is 0.355 e. The van der Waals surface area contributed by atoms with Gasteiger partial charge in [0.1, 0.15) is 17.2 Å². The van der Waals surface area contributed by atoms with Crippen molar-refractivity contribution in [3.63, 3.8) is 0 Å². The van der Waals surface area contributed by atoms with Crippen LogP contribution in [-0.4, -0.2) is 52.4 Å². The summed E-state index contributed by atoms with van der Waals surface area (Å²) in [5.74, 6) is 2.09. The van der Waals surface area contributed by atoms with Gasteiger partial charge in [-0.3, -0.25) is 4.68 Å². The van der Waals surface area contributed by atoms with Crippen LogP contribution in [-0.2, 0) is 41.5 Å². The fourth-order valence-corrected chi connectivity index (χ4v) is 8.08. The predicted octanol–water partition coefficient (Wildman–Crippen LogP) is 8.59. The molecule has 9 nitrogen and oxygen atoms in total. The van der Waals surface area contributed by atoms with E-state index in [4.69, 9.17) is 30.5 Å². The Morgan fingerprint density at radius 3 is 2.69 bits per heavy atom. The van der Waals surface area contributed by atoms with Gasteiger partial charge >= 0.3 is 5.97 Å². The monoisotopic (exact) mass is 725 g/mol. The molecule has 51 heavy (non-hydrogen) atoms. The Balaban J connectivity index is 1.18. The van der Waals surface area contributed by atoms with Crippen LogP contribution in [0, 0.1) is 6.92 Å². The number of esters is 1. The Morgan fingerprint density at radius 2 is 1.90 bits per heavy atom. The first-order valence-electron chi connectivity index (χ1n) is 17.1. The minimum Gasteiger partial charge on any atom is -0.497 e. The first-order valence-corrected chi connectivity index (χ1v) is 18.4. The minimum atomic E-state index is -0.399. The topological polar surface area (TPSA) is 97.0 Å². The summed E-state index contributed by atoms with van der Waals surface area (Å²) in [5, 5.41) is 18.5. The number of ether oxygens (including phenoxy) is 4. The Bertz CT molecular complexity index is 2210. The van der Waals surface area contributed by atoms with Gasteiger partial charge < -0.3 is 28.6 Å². The van der Waals surface area contributed by atoms with Crippen molar-refractivity contribution in [1.29, 1.82) is 0 Å². The third-order valence-corrected chi connectivity index (χ3v) is 10.6. The molecule has 0 bridgehead atoms. The summed E-state index contributed by atoms with van der Waals surface area (Å²) in [5.41, 5.74) is 6.16. The first kappa shape index (κ1) is 34.9. The van der Waals surface area contributed by atoms with E-state index < -0.39 is 5.97 Å². The summed E-state index contributed by atoms with van der Waals surface area (Å²) < 4.78 is 27.0. The van der Waals surface area contributed by atoms with Crippen molar-refractivity contribution in [2.75, 3.05) is 26.9 Å². The summed E-state index contributed by atoms with van der Waals surface area (Å²) in [6.07, 6.45) is 0.629. The maximum Gasteiger partial charge on any atom is 0.355 e. The summed E-state index contributed by atoms with van der Waals surface area (Å²) in [4.78, 5) is 14.7. The molecule has 0 fully saturated rings. The molecule has 7 rings (SSSR count). The molecule has 0 unspecified atom stereocenters. The fourth-order valence-electron chi connectivity index (χ4n) is 6.90. The average molecular weight is 726 g/mol. The van der Waals surface area contributed by atoms with E-state index in [2.05, 4.69) is 41.5 Å². The summed E-state index contributed by atoms with van der Waals surface area (Å²) in [6, 6.07) is 24.5. The van der Waals surface area contributed by atoms with Crippen LogP contribution in [0.15, 0.2) is 77.7 Å². The Morgan fingerprint density at radius 1 is 1.08 bits per heavy atom. The number of aliphatic hydroxyl groups excluding tert-OH is 1. The van der Waals surface area contributed by atoms with Crippen molar-refractivity contribution in [3.8, 4) is 22.6 Å². The van der Waals surface area contributed by atoms with E-state index in [1.165, 1.54) is 5.56 Å². The highest BCUT2D eigenvalue weighted by atomic mass is 35.5. The zero-order valence-electron chi connectivity index (χ0n) is 28.9. The maximum atomic E-state index is 13.5. The third kappa shape index (κ3) is 6.93. The third-order valence-electron chi connectivity index (χ3n) is 9.25. The molecule has 0 atom stereocenters. The first-order chi connectivity index (χ1) is 24.9. The summed E-state index contributed by atoms with van der Waals surface area (Å²) in [7, 11) is 1.67. The van der Waals surface area contributed by atoms with E-state index in [-0.39, 0.29) is 13.2 Å². The molecule has 0 saturated heterocycles. The number of hydrogen-bond donors (Lipinski definition) is 1. The average Bonchev–Trinajstić information content (AvgIpc) is 3.67. The van der Waals surface area contributed by atoms with Gasteiger partial charge in [-0.25, -0.2) is 4.79 Å². The number of carbonyl (C=O) groups excluding carboxylic acids is 1. The minimum absolute atomic E-state index is 0.249. The van der Waals surface area contributed by atoms with Gasteiger partial charge in [0, 0.05) is 49.6 Å². The molecule has 11 heteroatoms. The molecule has 1 aliphatic heterocycles. The fraction of sp³-hybridized carbons (Fsp3) is 0.300. The SMILES string of the molecule is CCOC(=O)c1c(C)c2c(-c3c(CO)nn4c3COCC4)c(Cl)ccc2n1CCCOc1cc(SCc2ccc(OC)cc2)cc2ccccc12. The van der Waals surface area contributed by atoms with Gasteiger partial charge in [0.2, 0.25) is 0 Å². The number of benzene rings is 4.